The minimum absolute atomic E-state index is 0.0458. The Hall–Kier alpha value is -0.940. The van der Waals surface area contributed by atoms with Gasteiger partial charge in [-0.3, -0.25) is 4.79 Å². The van der Waals surface area contributed by atoms with Crippen LogP contribution in [0.1, 0.15) is 21.5 Å². The second-order valence-electron chi connectivity index (χ2n) is 3.94. The van der Waals surface area contributed by atoms with E-state index in [1.54, 1.807) is 31.2 Å². The number of hydrogen-bond acceptors (Lipinski definition) is 1. The lowest BCUT2D eigenvalue weighted by molar-refractivity contribution is 0.103. The highest BCUT2D eigenvalue weighted by atomic mass is 127. The van der Waals surface area contributed by atoms with Crippen LogP contribution in [0.4, 0.5) is 4.39 Å². The van der Waals surface area contributed by atoms with Gasteiger partial charge in [0.15, 0.2) is 5.78 Å². The SMILES string of the molecule is Cc1ccc(C(=O)c2cc(I)ccc2Cl)c(F)c1. The van der Waals surface area contributed by atoms with Gasteiger partial charge in [0.1, 0.15) is 5.82 Å². The zero-order valence-electron chi connectivity index (χ0n) is 9.51. The first-order chi connectivity index (χ1) is 8.49. The van der Waals surface area contributed by atoms with Gasteiger partial charge >= 0.3 is 0 Å². The van der Waals surface area contributed by atoms with Crippen molar-refractivity contribution < 1.29 is 9.18 Å². The standard InChI is InChI=1S/C14H9ClFIO/c1-8-2-4-10(13(16)6-8)14(18)11-7-9(17)3-5-12(11)15/h2-7H,1H3. The van der Waals surface area contributed by atoms with Gasteiger partial charge in [-0.1, -0.05) is 17.7 Å². The second-order valence-corrected chi connectivity index (χ2v) is 5.59. The monoisotopic (exact) mass is 374 g/mol. The molecule has 1 nitrogen and oxygen atoms in total. The fraction of sp³-hybridized carbons (Fsp3) is 0.0714. The highest BCUT2D eigenvalue weighted by molar-refractivity contribution is 14.1. The topological polar surface area (TPSA) is 17.1 Å². The molecule has 0 saturated heterocycles. The summed E-state index contributed by atoms with van der Waals surface area (Å²) in [6.07, 6.45) is 0. The summed E-state index contributed by atoms with van der Waals surface area (Å²) in [5, 5.41) is 0.334. The average Bonchev–Trinajstić information content (AvgIpc) is 2.31. The predicted octanol–water partition coefficient (Wildman–Crippen LogP) is 4.62. The number of ketones is 1. The minimum Gasteiger partial charge on any atom is -0.288 e. The molecule has 0 spiro atoms. The summed E-state index contributed by atoms with van der Waals surface area (Å²) >= 11 is 8.06. The van der Waals surface area contributed by atoms with E-state index in [4.69, 9.17) is 11.6 Å². The van der Waals surface area contributed by atoms with Crippen molar-refractivity contribution in [3.63, 3.8) is 0 Å². The van der Waals surface area contributed by atoms with Crippen molar-refractivity contribution in [2.45, 2.75) is 6.92 Å². The van der Waals surface area contributed by atoms with Crippen molar-refractivity contribution in [3.8, 4) is 0 Å². The van der Waals surface area contributed by atoms with Gasteiger partial charge in [0, 0.05) is 9.13 Å². The third kappa shape index (κ3) is 2.72. The first kappa shape index (κ1) is 13.5. The molecule has 18 heavy (non-hydrogen) atoms. The molecule has 2 rings (SSSR count). The van der Waals surface area contributed by atoms with E-state index in [1.807, 2.05) is 0 Å². The number of benzene rings is 2. The van der Waals surface area contributed by atoms with Crippen LogP contribution in [0.3, 0.4) is 0 Å². The molecular formula is C14H9ClFIO. The molecule has 0 amide bonds. The van der Waals surface area contributed by atoms with E-state index in [9.17, 15) is 9.18 Å². The van der Waals surface area contributed by atoms with Gasteiger partial charge in [0.25, 0.3) is 0 Å². The normalized spacial score (nSPS) is 10.4. The molecule has 0 radical (unpaired) electrons. The third-order valence-electron chi connectivity index (χ3n) is 2.54. The summed E-state index contributed by atoms with van der Waals surface area (Å²) in [7, 11) is 0. The molecule has 0 aliphatic heterocycles. The minimum atomic E-state index is -0.519. The van der Waals surface area contributed by atoms with Crippen LogP contribution in [-0.4, -0.2) is 5.78 Å². The van der Waals surface area contributed by atoms with Crippen LogP contribution in [-0.2, 0) is 0 Å². The molecule has 0 unspecified atom stereocenters. The maximum atomic E-state index is 13.8. The lowest BCUT2D eigenvalue weighted by atomic mass is 10.0. The van der Waals surface area contributed by atoms with E-state index < -0.39 is 11.6 Å². The summed E-state index contributed by atoms with van der Waals surface area (Å²) in [4.78, 5) is 12.2. The number of carbonyl (C=O) groups excluding carboxylic acids is 1. The number of aryl methyl sites for hydroxylation is 1. The van der Waals surface area contributed by atoms with Gasteiger partial charge in [0.05, 0.1) is 10.6 Å². The van der Waals surface area contributed by atoms with E-state index in [2.05, 4.69) is 22.6 Å². The average molecular weight is 375 g/mol. The smallest absolute Gasteiger partial charge is 0.197 e. The Bertz CT molecular complexity index is 625. The fourth-order valence-electron chi connectivity index (χ4n) is 1.62. The van der Waals surface area contributed by atoms with E-state index in [1.165, 1.54) is 12.1 Å². The molecule has 0 aliphatic carbocycles. The quantitative estimate of drug-likeness (QED) is 0.554. The molecule has 0 aliphatic rings. The van der Waals surface area contributed by atoms with Crippen molar-refractivity contribution in [1.29, 1.82) is 0 Å². The largest absolute Gasteiger partial charge is 0.288 e. The van der Waals surface area contributed by atoms with Crippen LogP contribution in [0.2, 0.25) is 5.02 Å². The summed E-state index contributed by atoms with van der Waals surface area (Å²) in [6.45, 7) is 1.77. The number of rotatable bonds is 2. The Morgan fingerprint density at radius 1 is 1.17 bits per heavy atom. The second kappa shape index (κ2) is 5.36. The van der Waals surface area contributed by atoms with Gasteiger partial charge in [-0.2, -0.15) is 0 Å². The van der Waals surface area contributed by atoms with Gasteiger partial charge in [-0.05, 0) is 65.4 Å². The summed E-state index contributed by atoms with van der Waals surface area (Å²) in [6, 6.07) is 9.63. The summed E-state index contributed by atoms with van der Waals surface area (Å²) in [5.74, 6) is -0.911. The van der Waals surface area contributed by atoms with Gasteiger partial charge in [-0.25, -0.2) is 4.39 Å². The Balaban J connectivity index is 2.51. The number of hydrogen-bond donors (Lipinski definition) is 0. The highest BCUT2D eigenvalue weighted by Gasteiger charge is 2.17. The third-order valence-corrected chi connectivity index (χ3v) is 3.54. The Morgan fingerprint density at radius 2 is 1.89 bits per heavy atom. The Kier molecular flexibility index (Phi) is 4.02. The van der Waals surface area contributed by atoms with Crippen LogP contribution in [0.15, 0.2) is 36.4 Å². The van der Waals surface area contributed by atoms with E-state index >= 15 is 0 Å². The lowest BCUT2D eigenvalue weighted by Crippen LogP contribution is -2.05. The highest BCUT2D eigenvalue weighted by Crippen LogP contribution is 2.23. The molecule has 0 heterocycles. The Labute approximate surface area is 123 Å². The molecule has 0 aromatic heterocycles. The van der Waals surface area contributed by atoms with Crippen LogP contribution < -0.4 is 0 Å². The van der Waals surface area contributed by atoms with E-state index in [0.717, 1.165) is 9.13 Å². The van der Waals surface area contributed by atoms with Crippen molar-refractivity contribution in [2.75, 3.05) is 0 Å². The summed E-state index contributed by atoms with van der Waals surface area (Å²) < 4.78 is 14.6. The molecule has 0 N–H and O–H groups in total. The van der Waals surface area contributed by atoms with E-state index in [-0.39, 0.29) is 5.56 Å². The van der Waals surface area contributed by atoms with Crippen LogP contribution >= 0.6 is 34.2 Å². The molecule has 0 bridgehead atoms. The van der Waals surface area contributed by atoms with Crippen molar-refractivity contribution in [1.82, 2.24) is 0 Å². The predicted molar refractivity (Wildman–Crippen MR) is 78.7 cm³/mol. The maximum absolute atomic E-state index is 13.8. The molecule has 0 fully saturated rings. The first-order valence-corrected chi connectivity index (χ1v) is 6.70. The van der Waals surface area contributed by atoms with Gasteiger partial charge in [-0.15, -0.1) is 0 Å². The van der Waals surface area contributed by atoms with Crippen molar-refractivity contribution >= 4 is 40.0 Å². The molecule has 4 heteroatoms. The Morgan fingerprint density at radius 3 is 2.56 bits per heavy atom. The van der Waals surface area contributed by atoms with E-state index in [0.29, 0.717) is 10.6 Å². The molecule has 2 aromatic rings. The van der Waals surface area contributed by atoms with Crippen molar-refractivity contribution in [3.05, 3.63) is 67.5 Å². The maximum Gasteiger partial charge on any atom is 0.197 e. The van der Waals surface area contributed by atoms with Crippen LogP contribution in [0, 0.1) is 16.3 Å². The molecule has 0 saturated carbocycles. The van der Waals surface area contributed by atoms with Crippen LogP contribution in [0.5, 0.6) is 0 Å². The molecular weight excluding hydrogens is 366 g/mol. The number of halogens is 3. The number of carbonyl (C=O) groups is 1. The molecule has 2 aromatic carbocycles. The fourth-order valence-corrected chi connectivity index (χ4v) is 2.32. The van der Waals surface area contributed by atoms with Crippen LogP contribution in [0.25, 0.3) is 0 Å². The zero-order valence-corrected chi connectivity index (χ0v) is 12.4. The molecule has 0 atom stereocenters. The van der Waals surface area contributed by atoms with Gasteiger partial charge in [0.2, 0.25) is 0 Å². The first-order valence-electron chi connectivity index (χ1n) is 5.25. The lowest BCUT2D eigenvalue weighted by Gasteiger charge is -2.06. The van der Waals surface area contributed by atoms with Crippen molar-refractivity contribution in [2.24, 2.45) is 0 Å². The summed E-state index contributed by atoms with van der Waals surface area (Å²) in [5.41, 5.74) is 1.15. The van der Waals surface area contributed by atoms with Gasteiger partial charge < -0.3 is 0 Å². The molecule has 92 valence electrons. The zero-order chi connectivity index (χ0) is 13.3.